The molecular weight excluding hydrogens is 420 g/mol. The van der Waals surface area contributed by atoms with Crippen molar-refractivity contribution < 1.29 is 4.52 Å². The second-order valence-electron chi connectivity index (χ2n) is 7.36. The quantitative estimate of drug-likeness (QED) is 0.281. The molecule has 0 fully saturated rings. The van der Waals surface area contributed by atoms with Crippen LogP contribution in [0.25, 0.3) is 22.3 Å². The molecule has 0 atom stereocenters. The van der Waals surface area contributed by atoms with Crippen molar-refractivity contribution in [3.05, 3.63) is 69.8 Å². The number of nitrogens with zero attached hydrogens (tertiary/aromatic N) is 4. The van der Waals surface area contributed by atoms with Crippen molar-refractivity contribution in [2.45, 2.75) is 37.7 Å². The van der Waals surface area contributed by atoms with Gasteiger partial charge in [-0.15, -0.1) is 0 Å². The van der Waals surface area contributed by atoms with Gasteiger partial charge in [-0.1, -0.05) is 54.5 Å². The van der Waals surface area contributed by atoms with Crippen LogP contribution in [0.3, 0.4) is 0 Å². The molecule has 0 N–H and O–H groups in total. The highest BCUT2D eigenvalue weighted by Crippen LogP contribution is 2.24. The maximum absolute atomic E-state index is 13.0. The fourth-order valence-corrected chi connectivity index (χ4v) is 3.99. The Hall–Kier alpha value is -2.64. The van der Waals surface area contributed by atoms with Gasteiger partial charge in [0.25, 0.3) is 5.56 Å². The summed E-state index contributed by atoms with van der Waals surface area (Å²) in [5.74, 6) is 1.89. The van der Waals surface area contributed by atoms with E-state index in [1.54, 1.807) is 16.7 Å². The molecule has 2 heterocycles. The highest BCUT2D eigenvalue weighted by molar-refractivity contribution is 7.98. The topological polar surface area (TPSA) is 73.8 Å². The molecule has 0 saturated heterocycles. The molecule has 0 unspecified atom stereocenters. The van der Waals surface area contributed by atoms with Crippen LogP contribution in [0.1, 0.15) is 26.2 Å². The summed E-state index contributed by atoms with van der Waals surface area (Å²) in [5, 5.41) is 5.99. The third kappa shape index (κ3) is 4.57. The first-order chi connectivity index (χ1) is 14.5. The van der Waals surface area contributed by atoms with E-state index in [-0.39, 0.29) is 5.56 Å². The van der Waals surface area contributed by atoms with Crippen molar-refractivity contribution in [1.82, 2.24) is 19.7 Å². The van der Waals surface area contributed by atoms with Crippen molar-refractivity contribution in [1.29, 1.82) is 0 Å². The Morgan fingerprint density at radius 1 is 1.10 bits per heavy atom. The monoisotopic (exact) mass is 440 g/mol. The van der Waals surface area contributed by atoms with Gasteiger partial charge in [0.15, 0.2) is 5.16 Å². The van der Waals surface area contributed by atoms with E-state index in [2.05, 4.69) is 24.0 Å². The molecule has 0 aliphatic carbocycles. The number of benzene rings is 2. The third-order valence-corrected chi connectivity index (χ3v) is 5.87. The maximum Gasteiger partial charge on any atom is 0.262 e. The molecule has 4 rings (SSSR count). The first kappa shape index (κ1) is 20.6. The molecule has 2 aromatic carbocycles. The van der Waals surface area contributed by atoms with E-state index in [4.69, 9.17) is 21.1 Å². The molecule has 0 radical (unpaired) electrons. The normalized spacial score (nSPS) is 11.5. The third-order valence-electron chi connectivity index (χ3n) is 4.65. The molecular formula is C22H21ClN4O2S. The summed E-state index contributed by atoms with van der Waals surface area (Å²) in [6.07, 6.45) is 0.898. The smallest absolute Gasteiger partial charge is 0.262 e. The van der Waals surface area contributed by atoms with Crippen LogP contribution in [0.5, 0.6) is 0 Å². The first-order valence-corrected chi connectivity index (χ1v) is 11.1. The molecule has 8 heteroatoms. The van der Waals surface area contributed by atoms with E-state index in [1.807, 2.05) is 36.4 Å². The Labute approximate surface area is 183 Å². The number of rotatable bonds is 7. The van der Waals surface area contributed by atoms with E-state index < -0.39 is 0 Å². The summed E-state index contributed by atoms with van der Waals surface area (Å²) < 4.78 is 7.15. The summed E-state index contributed by atoms with van der Waals surface area (Å²) in [4.78, 5) is 22.2. The number of fused-ring (bicyclic) bond motifs is 1. The molecule has 0 aliphatic heterocycles. The van der Waals surface area contributed by atoms with E-state index in [9.17, 15) is 4.79 Å². The fraction of sp³-hybridized carbons (Fsp3) is 0.273. The largest absolute Gasteiger partial charge is 0.338 e. The minimum Gasteiger partial charge on any atom is -0.338 e. The number of aromatic nitrogens is 4. The Morgan fingerprint density at radius 3 is 2.63 bits per heavy atom. The summed E-state index contributed by atoms with van der Waals surface area (Å²) >= 11 is 7.36. The highest BCUT2D eigenvalue weighted by Gasteiger charge is 2.15. The van der Waals surface area contributed by atoms with E-state index in [0.29, 0.717) is 51.0 Å². The minimum atomic E-state index is -0.0175. The average molecular weight is 441 g/mol. The number of hydrogen-bond acceptors (Lipinski definition) is 6. The molecule has 6 nitrogen and oxygen atoms in total. The average Bonchev–Trinajstić information content (AvgIpc) is 3.21. The van der Waals surface area contributed by atoms with Crippen LogP contribution < -0.4 is 5.56 Å². The Balaban J connectivity index is 1.59. The molecule has 2 aromatic heterocycles. The lowest BCUT2D eigenvalue weighted by molar-refractivity contribution is 0.391. The van der Waals surface area contributed by atoms with Crippen LogP contribution in [0.2, 0.25) is 5.02 Å². The number of hydrogen-bond donors (Lipinski definition) is 0. The lowest BCUT2D eigenvalue weighted by atomic mass is 10.1. The molecule has 0 saturated carbocycles. The first-order valence-electron chi connectivity index (χ1n) is 9.72. The van der Waals surface area contributed by atoms with Crippen molar-refractivity contribution in [3.63, 3.8) is 0 Å². The lowest BCUT2D eigenvalue weighted by Gasteiger charge is -2.13. The van der Waals surface area contributed by atoms with Gasteiger partial charge in [0.1, 0.15) is 0 Å². The standard InChI is InChI=1S/C22H21ClN4O2S/c1-14(2)11-12-27-21(28)17-5-3-4-6-18(17)24-22(27)30-13-19-25-20(26-29-19)15-7-9-16(23)10-8-15/h3-10,14H,11-13H2,1-2H3. The van der Waals surface area contributed by atoms with E-state index in [0.717, 1.165) is 12.0 Å². The number of halogens is 1. The molecule has 30 heavy (non-hydrogen) atoms. The van der Waals surface area contributed by atoms with Crippen LogP contribution in [-0.2, 0) is 12.3 Å². The Kier molecular flexibility index (Phi) is 6.20. The molecule has 0 spiro atoms. The van der Waals surface area contributed by atoms with Gasteiger partial charge < -0.3 is 4.52 Å². The van der Waals surface area contributed by atoms with Gasteiger partial charge in [-0.2, -0.15) is 4.98 Å². The Bertz CT molecular complexity index is 1220. The summed E-state index contributed by atoms with van der Waals surface area (Å²) in [7, 11) is 0. The molecule has 4 aromatic rings. The zero-order chi connectivity index (χ0) is 21.1. The molecule has 0 aliphatic rings. The second kappa shape index (κ2) is 9.02. The summed E-state index contributed by atoms with van der Waals surface area (Å²) in [6.45, 7) is 4.91. The van der Waals surface area contributed by atoms with Crippen LogP contribution in [0.4, 0.5) is 0 Å². The van der Waals surface area contributed by atoms with Crippen molar-refractivity contribution in [3.8, 4) is 11.4 Å². The van der Waals surface area contributed by atoms with E-state index in [1.165, 1.54) is 11.8 Å². The van der Waals surface area contributed by atoms with Gasteiger partial charge in [-0.25, -0.2) is 4.98 Å². The van der Waals surface area contributed by atoms with E-state index >= 15 is 0 Å². The second-order valence-corrected chi connectivity index (χ2v) is 8.74. The summed E-state index contributed by atoms with van der Waals surface area (Å²) in [6, 6.07) is 14.7. The maximum atomic E-state index is 13.0. The van der Waals surface area contributed by atoms with Gasteiger partial charge >= 0.3 is 0 Å². The van der Waals surface area contributed by atoms with Crippen LogP contribution in [-0.4, -0.2) is 19.7 Å². The van der Waals surface area contributed by atoms with Gasteiger partial charge in [0, 0.05) is 17.1 Å². The van der Waals surface area contributed by atoms with Crippen LogP contribution in [0, 0.1) is 5.92 Å². The summed E-state index contributed by atoms with van der Waals surface area (Å²) in [5.41, 5.74) is 1.51. The van der Waals surface area contributed by atoms with Gasteiger partial charge in [-0.3, -0.25) is 9.36 Å². The van der Waals surface area contributed by atoms with Crippen molar-refractivity contribution in [2.75, 3.05) is 0 Å². The van der Waals surface area contributed by atoms with Crippen LogP contribution >= 0.6 is 23.4 Å². The predicted molar refractivity (Wildman–Crippen MR) is 120 cm³/mol. The zero-order valence-electron chi connectivity index (χ0n) is 16.7. The fourth-order valence-electron chi connectivity index (χ4n) is 3.00. The predicted octanol–water partition coefficient (Wildman–Crippen LogP) is 5.44. The van der Waals surface area contributed by atoms with Gasteiger partial charge in [0.05, 0.1) is 16.7 Å². The zero-order valence-corrected chi connectivity index (χ0v) is 18.3. The minimum absolute atomic E-state index is 0.0175. The SMILES string of the molecule is CC(C)CCn1c(SCc2nc(-c3ccc(Cl)cc3)no2)nc2ccccc2c1=O. The number of para-hydroxylation sites is 1. The molecule has 0 amide bonds. The van der Waals surface area contributed by atoms with Gasteiger partial charge in [0.2, 0.25) is 11.7 Å². The molecule has 154 valence electrons. The van der Waals surface area contributed by atoms with Crippen LogP contribution in [0.15, 0.2) is 63.0 Å². The molecule has 0 bridgehead atoms. The highest BCUT2D eigenvalue weighted by atomic mass is 35.5. The number of thioether (sulfide) groups is 1. The van der Waals surface area contributed by atoms with Gasteiger partial charge in [-0.05, 0) is 48.7 Å². The lowest BCUT2D eigenvalue weighted by Crippen LogP contribution is -2.24. The Morgan fingerprint density at radius 2 is 1.87 bits per heavy atom. The van der Waals surface area contributed by atoms with Crippen molar-refractivity contribution >= 4 is 34.3 Å². The van der Waals surface area contributed by atoms with Crippen molar-refractivity contribution in [2.24, 2.45) is 5.92 Å².